The van der Waals surface area contributed by atoms with E-state index in [4.69, 9.17) is 10.00 Å². The fourth-order valence-electron chi connectivity index (χ4n) is 0.529. The first-order valence-corrected chi connectivity index (χ1v) is 3.82. The lowest BCUT2D eigenvalue weighted by molar-refractivity contribution is 0.0800. The fourth-order valence-corrected chi connectivity index (χ4v) is 0.529. The molecule has 0 aliphatic carbocycles. The third-order valence-electron chi connectivity index (χ3n) is 1.39. The van der Waals surface area contributed by atoms with Crippen LogP contribution < -0.4 is 0 Å². The predicted octanol–water partition coefficient (Wildman–Crippen LogP) is 1.38. The molecule has 4 heteroatoms. The molecule has 0 aromatic carbocycles. The van der Waals surface area contributed by atoms with E-state index in [0.717, 1.165) is 0 Å². The van der Waals surface area contributed by atoms with E-state index in [0.29, 0.717) is 0 Å². The SMILES string of the molecule is CC(C)OC(=O)N(C)C(C)C#N. The first-order valence-electron chi connectivity index (χ1n) is 3.82. The first kappa shape index (κ1) is 10.8. The lowest BCUT2D eigenvalue weighted by Gasteiger charge is -2.20. The normalized spacial score (nSPS) is 12.0. The predicted molar refractivity (Wildman–Crippen MR) is 44.5 cm³/mol. The van der Waals surface area contributed by atoms with Gasteiger partial charge in [-0.05, 0) is 20.8 Å². The van der Waals surface area contributed by atoms with Gasteiger partial charge in [0.2, 0.25) is 0 Å². The number of hydrogen-bond acceptors (Lipinski definition) is 3. The van der Waals surface area contributed by atoms with Crippen LogP contribution in [0.1, 0.15) is 20.8 Å². The van der Waals surface area contributed by atoms with Crippen LogP contribution in [0.4, 0.5) is 4.79 Å². The summed E-state index contributed by atoms with van der Waals surface area (Å²) >= 11 is 0. The van der Waals surface area contributed by atoms with E-state index >= 15 is 0 Å². The highest BCUT2D eigenvalue weighted by Gasteiger charge is 2.16. The summed E-state index contributed by atoms with van der Waals surface area (Å²) in [7, 11) is 1.54. The molecular weight excluding hydrogens is 156 g/mol. The van der Waals surface area contributed by atoms with Crippen LogP contribution in [0.2, 0.25) is 0 Å². The minimum absolute atomic E-state index is 0.147. The van der Waals surface area contributed by atoms with Gasteiger partial charge in [0.15, 0.2) is 0 Å². The molecule has 0 rings (SSSR count). The molecular formula is C8H14N2O2. The third-order valence-corrected chi connectivity index (χ3v) is 1.39. The number of amides is 1. The molecule has 0 fully saturated rings. The minimum atomic E-state index is -0.459. The molecule has 68 valence electrons. The summed E-state index contributed by atoms with van der Waals surface area (Å²) in [6, 6.07) is 1.50. The van der Waals surface area contributed by atoms with Gasteiger partial charge in [-0.2, -0.15) is 5.26 Å². The molecule has 0 spiro atoms. The summed E-state index contributed by atoms with van der Waals surface area (Å²) in [5.74, 6) is 0. The Morgan fingerprint density at radius 1 is 1.50 bits per heavy atom. The van der Waals surface area contributed by atoms with Gasteiger partial charge in [-0.25, -0.2) is 4.79 Å². The molecule has 0 saturated carbocycles. The minimum Gasteiger partial charge on any atom is -0.447 e. The van der Waals surface area contributed by atoms with Crippen molar-refractivity contribution in [3.8, 4) is 6.07 Å². The van der Waals surface area contributed by atoms with Gasteiger partial charge in [-0.15, -0.1) is 0 Å². The molecule has 0 saturated heterocycles. The molecule has 1 unspecified atom stereocenters. The Morgan fingerprint density at radius 2 is 2.00 bits per heavy atom. The van der Waals surface area contributed by atoms with E-state index in [2.05, 4.69) is 0 Å². The highest BCUT2D eigenvalue weighted by atomic mass is 16.6. The van der Waals surface area contributed by atoms with Crippen LogP contribution in [0.3, 0.4) is 0 Å². The van der Waals surface area contributed by atoms with Crippen molar-refractivity contribution in [3.63, 3.8) is 0 Å². The van der Waals surface area contributed by atoms with Gasteiger partial charge >= 0.3 is 6.09 Å². The Balaban J connectivity index is 4.03. The van der Waals surface area contributed by atoms with E-state index in [1.807, 2.05) is 6.07 Å². The molecule has 1 amide bonds. The summed E-state index contributed by atoms with van der Waals surface area (Å²) in [5, 5.41) is 8.49. The summed E-state index contributed by atoms with van der Waals surface area (Å²) in [4.78, 5) is 12.4. The lowest BCUT2D eigenvalue weighted by atomic mass is 10.3. The Morgan fingerprint density at radius 3 is 2.33 bits per heavy atom. The summed E-state index contributed by atoms with van der Waals surface area (Å²) < 4.78 is 4.87. The van der Waals surface area contributed by atoms with Crippen LogP contribution in [0.25, 0.3) is 0 Å². The Bertz CT molecular complexity index is 196. The summed E-state index contributed by atoms with van der Waals surface area (Å²) in [6.07, 6.45) is -0.607. The van der Waals surface area contributed by atoms with Gasteiger partial charge in [0.05, 0.1) is 12.2 Å². The molecule has 0 aliphatic heterocycles. The van der Waals surface area contributed by atoms with Crippen molar-refractivity contribution in [2.24, 2.45) is 0 Å². The number of nitrogens with zero attached hydrogens (tertiary/aromatic N) is 2. The molecule has 4 nitrogen and oxygen atoms in total. The van der Waals surface area contributed by atoms with Gasteiger partial charge in [-0.3, -0.25) is 4.90 Å². The van der Waals surface area contributed by atoms with Gasteiger partial charge in [-0.1, -0.05) is 0 Å². The Labute approximate surface area is 72.7 Å². The van der Waals surface area contributed by atoms with Crippen molar-refractivity contribution in [2.75, 3.05) is 7.05 Å². The van der Waals surface area contributed by atoms with Crippen molar-refractivity contribution in [2.45, 2.75) is 32.9 Å². The van der Waals surface area contributed by atoms with E-state index in [1.165, 1.54) is 4.90 Å². The number of ether oxygens (including phenoxy) is 1. The lowest BCUT2D eigenvalue weighted by Crippen LogP contribution is -2.35. The van der Waals surface area contributed by atoms with E-state index in [1.54, 1.807) is 27.8 Å². The number of nitriles is 1. The van der Waals surface area contributed by atoms with Gasteiger partial charge in [0.1, 0.15) is 6.04 Å². The molecule has 0 N–H and O–H groups in total. The fraction of sp³-hybridized carbons (Fsp3) is 0.750. The maximum atomic E-state index is 11.1. The van der Waals surface area contributed by atoms with Gasteiger partial charge in [0, 0.05) is 7.05 Å². The third kappa shape index (κ3) is 3.24. The van der Waals surface area contributed by atoms with Gasteiger partial charge < -0.3 is 4.74 Å². The van der Waals surface area contributed by atoms with E-state index in [-0.39, 0.29) is 6.10 Å². The summed E-state index contributed by atoms with van der Waals surface area (Å²) in [5.41, 5.74) is 0. The highest BCUT2D eigenvalue weighted by Crippen LogP contribution is 1.99. The zero-order valence-electron chi connectivity index (χ0n) is 7.87. The second-order valence-electron chi connectivity index (χ2n) is 2.85. The zero-order chi connectivity index (χ0) is 9.72. The van der Waals surface area contributed by atoms with E-state index < -0.39 is 12.1 Å². The molecule has 0 heterocycles. The van der Waals surface area contributed by atoms with Crippen LogP contribution >= 0.6 is 0 Å². The molecule has 0 bridgehead atoms. The number of carbonyl (C=O) groups excluding carboxylic acids is 1. The van der Waals surface area contributed by atoms with Crippen molar-refractivity contribution in [1.29, 1.82) is 5.26 Å². The maximum absolute atomic E-state index is 11.1. The smallest absolute Gasteiger partial charge is 0.410 e. The molecule has 0 aromatic rings. The van der Waals surface area contributed by atoms with Crippen molar-refractivity contribution < 1.29 is 9.53 Å². The zero-order valence-corrected chi connectivity index (χ0v) is 7.87. The molecule has 1 atom stereocenters. The Hall–Kier alpha value is -1.24. The van der Waals surface area contributed by atoms with Crippen LogP contribution in [-0.2, 0) is 4.74 Å². The van der Waals surface area contributed by atoms with Crippen molar-refractivity contribution >= 4 is 6.09 Å². The Kier molecular flexibility index (Phi) is 4.12. The number of hydrogen-bond donors (Lipinski definition) is 0. The van der Waals surface area contributed by atoms with Crippen LogP contribution in [0.5, 0.6) is 0 Å². The first-order chi connectivity index (χ1) is 5.49. The van der Waals surface area contributed by atoms with Crippen LogP contribution in [-0.4, -0.2) is 30.2 Å². The molecule has 0 aliphatic rings. The second kappa shape index (κ2) is 4.60. The van der Waals surface area contributed by atoms with E-state index in [9.17, 15) is 4.79 Å². The topological polar surface area (TPSA) is 53.3 Å². The standard InChI is InChI=1S/C8H14N2O2/c1-6(2)12-8(11)10(4)7(3)5-9/h6-7H,1-4H3. The van der Waals surface area contributed by atoms with Crippen LogP contribution in [0, 0.1) is 11.3 Å². The molecule has 0 radical (unpaired) electrons. The molecule has 0 aromatic heterocycles. The van der Waals surface area contributed by atoms with Crippen LogP contribution in [0.15, 0.2) is 0 Å². The average molecular weight is 170 g/mol. The quantitative estimate of drug-likeness (QED) is 0.629. The van der Waals surface area contributed by atoms with Crippen molar-refractivity contribution in [1.82, 2.24) is 4.90 Å². The average Bonchev–Trinajstić information content (AvgIpc) is 2.00. The number of carbonyl (C=O) groups is 1. The second-order valence-corrected chi connectivity index (χ2v) is 2.85. The molecule has 12 heavy (non-hydrogen) atoms. The van der Waals surface area contributed by atoms with Gasteiger partial charge in [0.25, 0.3) is 0 Å². The maximum Gasteiger partial charge on any atom is 0.410 e. The monoisotopic (exact) mass is 170 g/mol. The highest BCUT2D eigenvalue weighted by molar-refractivity contribution is 5.68. The summed E-state index contributed by atoms with van der Waals surface area (Å²) in [6.45, 7) is 5.17. The largest absolute Gasteiger partial charge is 0.447 e. The number of rotatable bonds is 2. The van der Waals surface area contributed by atoms with Crippen molar-refractivity contribution in [3.05, 3.63) is 0 Å².